The summed E-state index contributed by atoms with van der Waals surface area (Å²) >= 11 is 1.89. The van der Waals surface area contributed by atoms with Crippen LogP contribution in [0.15, 0.2) is 60.0 Å². The Morgan fingerprint density at radius 2 is 1.86 bits per heavy atom. The van der Waals surface area contributed by atoms with Gasteiger partial charge in [-0.25, -0.2) is 0 Å². The van der Waals surface area contributed by atoms with Crippen LogP contribution in [0.25, 0.3) is 0 Å². The first-order chi connectivity index (χ1) is 14.3. The smallest absolute Gasteiger partial charge is 0.161 e. The molecule has 1 fully saturated rings. The van der Waals surface area contributed by atoms with Crippen LogP contribution in [-0.2, 0) is 11.3 Å². The first-order valence-corrected chi connectivity index (χ1v) is 11.3. The third kappa shape index (κ3) is 3.67. The molecule has 3 nitrogen and oxygen atoms in total. The number of fused-ring (bicyclic) bond motifs is 3. The topological polar surface area (TPSA) is 27.7 Å². The molecule has 2 aromatic carbocycles. The van der Waals surface area contributed by atoms with Crippen molar-refractivity contribution >= 4 is 11.3 Å². The maximum Gasteiger partial charge on any atom is 0.161 e. The minimum Gasteiger partial charge on any atom is -0.493 e. The number of ether oxygens (including phenoxy) is 3. The van der Waals surface area contributed by atoms with Gasteiger partial charge in [0.2, 0.25) is 0 Å². The SMILES string of the molecule is COc1cc([C@@H]2O[C@@H]3CCCC[C@H]3c3sccc32)ccc1OCc1ccccc1. The summed E-state index contributed by atoms with van der Waals surface area (Å²) in [4.78, 5) is 1.52. The van der Waals surface area contributed by atoms with E-state index in [-0.39, 0.29) is 6.10 Å². The lowest BCUT2D eigenvalue weighted by atomic mass is 9.80. The highest BCUT2D eigenvalue weighted by Gasteiger charge is 2.38. The van der Waals surface area contributed by atoms with Gasteiger partial charge in [-0.1, -0.05) is 49.2 Å². The van der Waals surface area contributed by atoms with Gasteiger partial charge >= 0.3 is 0 Å². The molecule has 2 aliphatic rings. The van der Waals surface area contributed by atoms with Crippen LogP contribution in [0.4, 0.5) is 0 Å². The minimum absolute atomic E-state index is 0.0207. The van der Waals surface area contributed by atoms with Gasteiger partial charge in [0.15, 0.2) is 11.5 Å². The second kappa shape index (κ2) is 8.21. The zero-order valence-electron chi connectivity index (χ0n) is 16.7. The Morgan fingerprint density at radius 3 is 2.72 bits per heavy atom. The highest BCUT2D eigenvalue weighted by atomic mass is 32.1. The van der Waals surface area contributed by atoms with Crippen molar-refractivity contribution in [3.8, 4) is 11.5 Å². The van der Waals surface area contributed by atoms with Crippen molar-refractivity contribution in [2.75, 3.05) is 7.11 Å². The fourth-order valence-electron chi connectivity index (χ4n) is 4.62. The van der Waals surface area contributed by atoms with Crippen molar-refractivity contribution < 1.29 is 14.2 Å². The van der Waals surface area contributed by atoms with E-state index in [1.54, 1.807) is 7.11 Å². The highest BCUT2D eigenvalue weighted by molar-refractivity contribution is 7.10. The summed E-state index contributed by atoms with van der Waals surface area (Å²) in [5.74, 6) is 2.09. The molecule has 29 heavy (non-hydrogen) atoms. The Labute approximate surface area is 176 Å². The number of thiophene rings is 1. The standard InChI is InChI=1S/C25H26O3S/c1-26-23-15-18(11-12-22(23)27-16-17-7-3-2-4-8-17)24-20-13-14-29-25(20)19-9-5-6-10-21(19)28-24/h2-4,7-8,11-15,19,21,24H,5-6,9-10,16H2,1H3/t19-,21-,24+/m1/s1. The number of rotatable bonds is 5. The summed E-state index contributed by atoms with van der Waals surface area (Å²) in [6.45, 7) is 0.523. The number of hydrogen-bond acceptors (Lipinski definition) is 4. The van der Waals surface area contributed by atoms with E-state index in [0.717, 1.165) is 29.0 Å². The van der Waals surface area contributed by atoms with Crippen LogP contribution in [0.3, 0.4) is 0 Å². The zero-order chi connectivity index (χ0) is 19.6. The number of hydrogen-bond donors (Lipinski definition) is 0. The van der Waals surface area contributed by atoms with Gasteiger partial charge in [0.05, 0.1) is 13.2 Å². The molecular formula is C25H26O3S. The molecule has 1 aliphatic heterocycles. The lowest BCUT2D eigenvalue weighted by Crippen LogP contribution is -2.32. The first-order valence-electron chi connectivity index (χ1n) is 10.4. The third-order valence-corrected chi connectivity index (χ3v) is 7.15. The second-order valence-electron chi connectivity index (χ2n) is 7.87. The van der Waals surface area contributed by atoms with Gasteiger partial charge in [-0.15, -0.1) is 11.3 Å². The Morgan fingerprint density at radius 1 is 1.00 bits per heavy atom. The van der Waals surface area contributed by atoms with Gasteiger partial charge in [0, 0.05) is 10.8 Å². The monoisotopic (exact) mass is 406 g/mol. The molecule has 3 aromatic rings. The maximum atomic E-state index is 6.64. The van der Waals surface area contributed by atoms with Gasteiger partial charge in [0.1, 0.15) is 12.7 Å². The van der Waals surface area contributed by atoms with Crippen LogP contribution in [0.1, 0.15) is 59.3 Å². The fraction of sp³-hybridized carbons (Fsp3) is 0.360. The van der Waals surface area contributed by atoms with Gasteiger partial charge in [-0.2, -0.15) is 0 Å². The number of methoxy groups -OCH3 is 1. The quantitative estimate of drug-likeness (QED) is 0.485. The van der Waals surface area contributed by atoms with Crippen LogP contribution >= 0.6 is 11.3 Å². The average molecular weight is 407 g/mol. The first kappa shape index (κ1) is 18.7. The molecule has 5 rings (SSSR count). The zero-order valence-corrected chi connectivity index (χ0v) is 17.5. The lowest BCUT2D eigenvalue weighted by molar-refractivity contribution is -0.0374. The normalized spacial score (nSPS) is 23.1. The highest BCUT2D eigenvalue weighted by Crippen LogP contribution is 2.49. The van der Waals surface area contributed by atoms with Crippen molar-refractivity contribution in [2.24, 2.45) is 0 Å². The summed E-state index contributed by atoms with van der Waals surface area (Å²) in [5, 5.41) is 2.21. The molecule has 0 spiro atoms. The van der Waals surface area contributed by atoms with E-state index in [1.807, 2.05) is 35.6 Å². The van der Waals surface area contributed by atoms with E-state index in [2.05, 4.69) is 35.7 Å². The lowest BCUT2D eigenvalue weighted by Gasteiger charge is -2.39. The van der Waals surface area contributed by atoms with E-state index < -0.39 is 0 Å². The molecule has 0 N–H and O–H groups in total. The molecule has 3 atom stereocenters. The largest absolute Gasteiger partial charge is 0.493 e. The summed E-state index contributed by atoms with van der Waals surface area (Å²) in [7, 11) is 1.70. The van der Waals surface area contributed by atoms with E-state index in [9.17, 15) is 0 Å². The van der Waals surface area contributed by atoms with Gasteiger partial charge in [0.25, 0.3) is 0 Å². The van der Waals surface area contributed by atoms with Gasteiger partial charge in [-0.3, -0.25) is 0 Å². The average Bonchev–Trinajstić information content (AvgIpc) is 3.28. The summed E-state index contributed by atoms with van der Waals surface area (Å²) in [6.07, 6.45) is 5.31. The van der Waals surface area contributed by atoms with Gasteiger partial charge in [-0.05, 0) is 53.1 Å². The predicted molar refractivity (Wildman–Crippen MR) is 116 cm³/mol. The minimum atomic E-state index is -0.0207. The Hall–Kier alpha value is -2.30. The third-order valence-electron chi connectivity index (χ3n) is 6.09. The van der Waals surface area contributed by atoms with Crippen LogP contribution in [0.5, 0.6) is 11.5 Å². The van der Waals surface area contributed by atoms with Crippen LogP contribution < -0.4 is 9.47 Å². The molecule has 150 valence electrons. The fourth-order valence-corrected chi connectivity index (χ4v) is 5.73. The number of benzene rings is 2. The van der Waals surface area contributed by atoms with E-state index in [4.69, 9.17) is 14.2 Å². The molecule has 0 radical (unpaired) electrons. The van der Waals surface area contributed by atoms with Crippen LogP contribution in [0.2, 0.25) is 0 Å². The van der Waals surface area contributed by atoms with Crippen LogP contribution in [-0.4, -0.2) is 13.2 Å². The van der Waals surface area contributed by atoms with Crippen molar-refractivity contribution in [3.05, 3.63) is 81.5 Å². The maximum absolute atomic E-state index is 6.64. The van der Waals surface area contributed by atoms with E-state index >= 15 is 0 Å². The predicted octanol–water partition coefficient (Wildman–Crippen LogP) is 6.48. The molecular weight excluding hydrogens is 380 g/mol. The molecule has 1 saturated carbocycles. The molecule has 0 bridgehead atoms. The van der Waals surface area contributed by atoms with Crippen molar-refractivity contribution in [2.45, 2.75) is 50.4 Å². The van der Waals surface area contributed by atoms with Crippen molar-refractivity contribution in [1.82, 2.24) is 0 Å². The summed E-state index contributed by atoms with van der Waals surface area (Å²) < 4.78 is 18.3. The van der Waals surface area contributed by atoms with Gasteiger partial charge < -0.3 is 14.2 Å². The molecule has 1 aliphatic carbocycles. The summed E-state index contributed by atoms with van der Waals surface area (Å²) in [6, 6.07) is 18.6. The van der Waals surface area contributed by atoms with Crippen molar-refractivity contribution in [3.63, 3.8) is 0 Å². The molecule has 1 aromatic heterocycles. The molecule has 0 unspecified atom stereocenters. The van der Waals surface area contributed by atoms with E-state index in [0.29, 0.717) is 18.6 Å². The molecule has 0 saturated heterocycles. The molecule has 0 amide bonds. The van der Waals surface area contributed by atoms with E-state index in [1.165, 1.54) is 29.7 Å². The summed E-state index contributed by atoms with van der Waals surface area (Å²) in [5.41, 5.74) is 3.61. The van der Waals surface area contributed by atoms with Crippen LogP contribution in [0, 0.1) is 0 Å². The second-order valence-corrected chi connectivity index (χ2v) is 8.82. The molecule has 2 heterocycles. The Balaban J connectivity index is 1.41. The molecule has 4 heteroatoms. The Kier molecular flexibility index (Phi) is 5.30. The van der Waals surface area contributed by atoms with Crippen molar-refractivity contribution in [1.29, 1.82) is 0 Å². The Bertz CT molecular complexity index is 965.